The molecule has 19 heavy (non-hydrogen) atoms. The van der Waals surface area contributed by atoms with E-state index in [1.807, 2.05) is 14.0 Å². The summed E-state index contributed by atoms with van der Waals surface area (Å²) in [5.41, 5.74) is 12.1. The maximum absolute atomic E-state index is 12.0. The van der Waals surface area contributed by atoms with Crippen LogP contribution in [0.25, 0.3) is 0 Å². The molecule has 1 amide bonds. The van der Waals surface area contributed by atoms with Crippen molar-refractivity contribution in [3.8, 4) is 0 Å². The Bertz CT molecular complexity index is 452. The molecule has 1 aromatic rings. The summed E-state index contributed by atoms with van der Waals surface area (Å²) in [7, 11) is 1.85. The first-order valence-electron chi connectivity index (χ1n) is 6.79. The predicted molar refractivity (Wildman–Crippen MR) is 80.1 cm³/mol. The molecule has 3 heteroatoms. The molecule has 0 fully saturated rings. The molecule has 0 saturated carbocycles. The minimum atomic E-state index is -0.0867. The number of carbonyl (C=O) groups is 1. The number of carbonyl (C=O) groups excluding carboxylic acids is 1. The van der Waals surface area contributed by atoms with Crippen molar-refractivity contribution in [2.24, 2.45) is 5.73 Å². The molecule has 0 aliphatic heterocycles. The molecule has 0 aliphatic carbocycles. The second kappa shape index (κ2) is 6.20. The van der Waals surface area contributed by atoms with Crippen molar-refractivity contribution in [1.82, 2.24) is 4.90 Å². The van der Waals surface area contributed by atoms with Gasteiger partial charge in [-0.25, -0.2) is 0 Å². The van der Waals surface area contributed by atoms with Gasteiger partial charge in [0.2, 0.25) is 5.91 Å². The maximum Gasteiger partial charge on any atom is 0.224 e. The van der Waals surface area contributed by atoms with Crippen LogP contribution >= 0.6 is 0 Å². The number of nitrogens with zero attached hydrogens (tertiary/aromatic N) is 1. The molecule has 2 N–H and O–H groups in total. The van der Waals surface area contributed by atoms with E-state index in [1.165, 1.54) is 27.8 Å². The number of hydrogen-bond donors (Lipinski definition) is 1. The smallest absolute Gasteiger partial charge is 0.224 e. The fourth-order valence-corrected chi connectivity index (χ4v) is 2.29. The summed E-state index contributed by atoms with van der Waals surface area (Å²) in [6, 6.07) is 2.12. The van der Waals surface area contributed by atoms with E-state index >= 15 is 0 Å². The molecule has 0 bridgehead atoms. The summed E-state index contributed by atoms with van der Waals surface area (Å²) in [6.45, 7) is 11.0. The molecule has 106 valence electrons. The molecule has 1 atom stereocenters. The van der Waals surface area contributed by atoms with E-state index in [9.17, 15) is 4.79 Å². The lowest BCUT2D eigenvalue weighted by atomic mass is 9.94. The maximum atomic E-state index is 12.0. The van der Waals surface area contributed by atoms with Crippen LogP contribution in [0, 0.1) is 27.7 Å². The van der Waals surface area contributed by atoms with Crippen LogP contribution in [0.3, 0.4) is 0 Å². The summed E-state index contributed by atoms with van der Waals surface area (Å²) >= 11 is 0. The molecule has 3 nitrogen and oxygen atoms in total. The lowest BCUT2D eigenvalue weighted by Gasteiger charge is -2.22. The topological polar surface area (TPSA) is 46.3 Å². The molecular weight excluding hydrogens is 236 g/mol. The molecule has 1 rings (SSSR count). The van der Waals surface area contributed by atoms with Gasteiger partial charge >= 0.3 is 0 Å². The van der Waals surface area contributed by atoms with Crippen molar-refractivity contribution < 1.29 is 4.79 Å². The van der Waals surface area contributed by atoms with Crippen LogP contribution in [-0.2, 0) is 11.3 Å². The Balaban J connectivity index is 2.97. The van der Waals surface area contributed by atoms with Crippen LogP contribution in [0.5, 0.6) is 0 Å². The van der Waals surface area contributed by atoms with Gasteiger partial charge in [0.1, 0.15) is 0 Å². The normalized spacial score (nSPS) is 12.4. The van der Waals surface area contributed by atoms with E-state index in [2.05, 4.69) is 33.8 Å². The standard InChI is InChI=1S/C16H26N2O/c1-10-7-11(2)14(5)15(13(10)4)9-18(6)16(19)8-12(3)17/h7,12H,8-9,17H2,1-6H3. The highest BCUT2D eigenvalue weighted by Gasteiger charge is 2.15. The van der Waals surface area contributed by atoms with Gasteiger partial charge in [-0.15, -0.1) is 0 Å². The van der Waals surface area contributed by atoms with Crippen LogP contribution in [-0.4, -0.2) is 23.9 Å². The molecule has 1 aromatic carbocycles. The van der Waals surface area contributed by atoms with Crippen molar-refractivity contribution >= 4 is 5.91 Å². The van der Waals surface area contributed by atoms with Gasteiger partial charge in [-0.3, -0.25) is 4.79 Å². The van der Waals surface area contributed by atoms with Crippen LogP contribution in [0.15, 0.2) is 6.07 Å². The van der Waals surface area contributed by atoms with Gasteiger partial charge in [-0.2, -0.15) is 0 Å². The molecule has 0 spiro atoms. The third-order valence-corrected chi connectivity index (χ3v) is 3.84. The first-order chi connectivity index (χ1) is 8.73. The van der Waals surface area contributed by atoms with Crippen LogP contribution in [0.2, 0.25) is 0 Å². The van der Waals surface area contributed by atoms with Crippen LogP contribution < -0.4 is 5.73 Å². The molecule has 1 unspecified atom stereocenters. The highest BCUT2D eigenvalue weighted by Crippen LogP contribution is 2.23. The second-order valence-electron chi connectivity index (χ2n) is 5.67. The molecule has 0 heterocycles. The molecule has 0 aliphatic rings. The number of amides is 1. The number of benzene rings is 1. The quantitative estimate of drug-likeness (QED) is 0.906. The molecule has 0 aromatic heterocycles. The fraction of sp³-hybridized carbons (Fsp3) is 0.562. The summed E-state index contributed by atoms with van der Waals surface area (Å²) in [5, 5.41) is 0. The SMILES string of the molecule is Cc1cc(C)c(C)c(CN(C)C(=O)CC(C)N)c1C. The number of hydrogen-bond acceptors (Lipinski definition) is 2. The highest BCUT2D eigenvalue weighted by atomic mass is 16.2. The third-order valence-electron chi connectivity index (χ3n) is 3.84. The highest BCUT2D eigenvalue weighted by molar-refractivity contribution is 5.76. The zero-order valence-electron chi connectivity index (χ0n) is 13.0. The average Bonchev–Trinajstić information content (AvgIpc) is 2.31. The van der Waals surface area contributed by atoms with Gasteiger partial charge in [0.15, 0.2) is 0 Å². The molecule has 0 saturated heterocycles. The van der Waals surface area contributed by atoms with E-state index in [4.69, 9.17) is 5.73 Å². The van der Waals surface area contributed by atoms with Crippen LogP contribution in [0.4, 0.5) is 0 Å². The van der Waals surface area contributed by atoms with Crippen molar-refractivity contribution in [3.63, 3.8) is 0 Å². The number of aryl methyl sites for hydroxylation is 2. The largest absolute Gasteiger partial charge is 0.341 e. The fourth-order valence-electron chi connectivity index (χ4n) is 2.29. The number of rotatable bonds is 4. The van der Waals surface area contributed by atoms with Crippen molar-refractivity contribution in [3.05, 3.63) is 33.9 Å². The monoisotopic (exact) mass is 262 g/mol. The van der Waals surface area contributed by atoms with Gasteiger partial charge < -0.3 is 10.6 Å². The summed E-state index contributed by atoms with van der Waals surface area (Å²) in [4.78, 5) is 13.8. The summed E-state index contributed by atoms with van der Waals surface area (Å²) in [5.74, 6) is 0.105. The third kappa shape index (κ3) is 3.80. The molecule has 0 radical (unpaired) electrons. The zero-order valence-corrected chi connectivity index (χ0v) is 13.0. The van der Waals surface area contributed by atoms with E-state index in [-0.39, 0.29) is 11.9 Å². The summed E-state index contributed by atoms with van der Waals surface area (Å²) < 4.78 is 0. The van der Waals surface area contributed by atoms with Gasteiger partial charge in [-0.1, -0.05) is 6.07 Å². The van der Waals surface area contributed by atoms with Crippen molar-refractivity contribution in [2.75, 3.05) is 7.05 Å². The van der Waals surface area contributed by atoms with Gasteiger partial charge in [0.25, 0.3) is 0 Å². The molecular formula is C16H26N2O. The lowest BCUT2D eigenvalue weighted by molar-refractivity contribution is -0.130. The van der Waals surface area contributed by atoms with Crippen LogP contribution in [0.1, 0.15) is 41.2 Å². The minimum Gasteiger partial charge on any atom is -0.341 e. The first kappa shape index (κ1) is 15.7. The summed E-state index contributed by atoms with van der Waals surface area (Å²) in [6.07, 6.45) is 0.402. The lowest BCUT2D eigenvalue weighted by Crippen LogP contribution is -2.32. The van der Waals surface area contributed by atoms with Gasteiger partial charge in [-0.05, 0) is 62.4 Å². The Kier molecular flexibility index (Phi) is 5.12. The predicted octanol–water partition coefficient (Wildman–Crippen LogP) is 2.62. The van der Waals surface area contributed by atoms with Gasteiger partial charge in [0, 0.05) is 26.1 Å². The Morgan fingerprint density at radius 3 is 2.11 bits per heavy atom. The Morgan fingerprint density at radius 1 is 1.21 bits per heavy atom. The Labute approximate surface area is 116 Å². The van der Waals surface area contributed by atoms with Crippen molar-refractivity contribution in [1.29, 1.82) is 0 Å². The van der Waals surface area contributed by atoms with Crippen molar-refractivity contribution in [2.45, 2.75) is 53.6 Å². The average molecular weight is 262 g/mol. The zero-order chi connectivity index (χ0) is 14.7. The van der Waals surface area contributed by atoms with E-state index in [0.29, 0.717) is 13.0 Å². The first-order valence-corrected chi connectivity index (χ1v) is 6.79. The van der Waals surface area contributed by atoms with E-state index < -0.39 is 0 Å². The van der Waals surface area contributed by atoms with E-state index in [1.54, 1.807) is 4.90 Å². The minimum absolute atomic E-state index is 0.0867. The van der Waals surface area contributed by atoms with E-state index in [0.717, 1.165) is 0 Å². The Hall–Kier alpha value is -1.35. The number of nitrogens with two attached hydrogens (primary N) is 1. The van der Waals surface area contributed by atoms with Gasteiger partial charge in [0.05, 0.1) is 0 Å². The second-order valence-corrected chi connectivity index (χ2v) is 5.67. The Morgan fingerprint density at radius 2 is 1.68 bits per heavy atom.